The molecular weight excluding hydrogens is 333 g/mol. The third-order valence-corrected chi connectivity index (χ3v) is 4.83. The molecule has 1 heterocycles. The third kappa shape index (κ3) is 3.35. The second kappa shape index (κ2) is 6.71. The molecule has 0 amide bonds. The fraction of sp³-hybridized carbons (Fsp3) is 0.438. The van der Waals surface area contributed by atoms with Gasteiger partial charge in [0, 0.05) is 25.2 Å². The normalized spacial score (nSPS) is 12.9. The molecule has 0 aliphatic heterocycles. The van der Waals surface area contributed by atoms with Gasteiger partial charge >= 0.3 is 0 Å². The van der Waals surface area contributed by atoms with Gasteiger partial charge in [-0.1, -0.05) is 25.1 Å². The zero-order chi connectivity index (χ0) is 15.6. The van der Waals surface area contributed by atoms with Gasteiger partial charge in [0.25, 0.3) is 0 Å². The molecule has 2 rings (SSSR count). The molecule has 0 aliphatic carbocycles. The first-order chi connectivity index (χ1) is 9.95. The summed E-state index contributed by atoms with van der Waals surface area (Å²) in [7, 11) is 3.95. The highest BCUT2D eigenvalue weighted by atomic mass is 79.9. The van der Waals surface area contributed by atoms with Crippen LogP contribution < -0.4 is 0 Å². The molecule has 0 saturated carbocycles. The number of hydrogen-bond donors (Lipinski definition) is 0. The van der Waals surface area contributed by atoms with Gasteiger partial charge in [-0.3, -0.25) is 9.58 Å². The van der Waals surface area contributed by atoms with Crippen molar-refractivity contribution in [3.63, 3.8) is 0 Å². The van der Waals surface area contributed by atoms with Crippen LogP contribution in [0.4, 0.5) is 4.39 Å². The van der Waals surface area contributed by atoms with E-state index in [-0.39, 0.29) is 11.9 Å². The number of benzene rings is 1. The highest BCUT2D eigenvalue weighted by Crippen LogP contribution is 2.27. The average Bonchev–Trinajstić information content (AvgIpc) is 2.74. The molecule has 0 aliphatic rings. The predicted octanol–water partition coefficient (Wildman–Crippen LogP) is 4.08. The van der Waals surface area contributed by atoms with Crippen LogP contribution in [0, 0.1) is 5.82 Å². The van der Waals surface area contributed by atoms with Crippen LogP contribution in [0.1, 0.15) is 36.8 Å². The van der Waals surface area contributed by atoms with Crippen molar-refractivity contribution in [1.82, 2.24) is 14.7 Å². The summed E-state index contributed by atoms with van der Waals surface area (Å²) in [5.41, 5.74) is 2.88. The second-order valence-electron chi connectivity index (χ2n) is 5.30. The molecule has 114 valence electrons. The van der Waals surface area contributed by atoms with Gasteiger partial charge in [0.05, 0.1) is 15.9 Å². The number of aromatic nitrogens is 2. The average molecular weight is 354 g/mol. The van der Waals surface area contributed by atoms with Crippen molar-refractivity contribution in [3.8, 4) is 0 Å². The summed E-state index contributed by atoms with van der Waals surface area (Å²) >= 11 is 3.63. The molecular formula is C16H21BrFN3. The van der Waals surface area contributed by atoms with Crippen molar-refractivity contribution in [1.29, 1.82) is 0 Å². The largest absolute Gasteiger partial charge is 0.294 e. The monoisotopic (exact) mass is 353 g/mol. The van der Waals surface area contributed by atoms with E-state index < -0.39 is 0 Å². The summed E-state index contributed by atoms with van der Waals surface area (Å²) < 4.78 is 16.9. The van der Waals surface area contributed by atoms with Gasteiger partial charge in [-0.05, 0) is 42.4 Å². The van der Waals surface area contributed by atoms with Crippen LogP contribution in [0.25, 0.3) is 0 Å². The minimum absolute atomic E-state index is 0.00178. The molecule has 2 aromatic rings. The van der Waals surface area contributed by atoms with E-state index in [0.29, 0.717) is 12.1 Å². The first-order valence-electron chi connectivity index (χ1n) is 7.10. The minimum atomic E-state index is -0.157. The van der Waals surface area contributed by atoms with Crippen LogP contribution in [0.5, 0.6) is 0 Å². The lowest BCUT2D eigenvalue weighted by atomic mass is 10.1. The van der Waals surface area contributed by atoms with Crippen molar-refractivity contribution in [2.45, 2.75) is 32.9 Å². The van der Waals surface area contributed by atoms with Crippen LogP contribution in [-0.2, 0) is 20.0 Å². The van der Waals surface area contributed by atoms with E-state index in [1.165, 1.54) is 6.07 Å². The SMILES string of the molecule is CCc1nn(C)c(CN(C)C(C)c2ccccc2F)c1Br. The highest BCUT2D eigenvalue weighted by molar-refractivity contribution is 9.10. The van der Waals surface area contributed by atoms with Crippen LogP contribution in [0.3, 0.4) is 0 Å². The molecule has 1 atom stereocenters. The Kier molecular flexibility index (Phi) is 5.17. The van der Waals surface area contributed by atoms with Crippen molar-refractivity contribution in [3.05, 3.63) is 51.5 Å². The summed E-state index contributed by atoms with van der Waals surface area (Å²) in [5.74, 6) is -0.157. The second-order valence-corrected chi connectivity index (χ2v) is 6.09. The van der Waals surface area contributed by atoms with Gasteiger partial charge in [0.1, 0.15) is 5.82 Å². The molecule has 0 radical (unpaired) electrons. The van der Waals surface area contributed by atoms with E-state index >= 15 is 0 Å². The fourth-order valence-electron chi connectivity index (χ4n) is 2.42. The number of rotatable bonds is 5. The minimum Gasteiger partial charge on any atom is -0.294 e. The molecule has 0 spiro atoms. The van der Waals surface area contributed by atoms with Gasteiger partial charge in [-0.15, -0.1) is 0 Å². The van der Waals surface area contributed by atoms with E-state index in [1.54, 1.807) is 6.07 Å². The Morgan fingerprint density at radius 1 is 1.38 bits per heavy atom. The maximum Gasteiger partial charge on any atom is 0.127 e. The Bertz CT molecular complexity index is 624. The molecule has 0 fully saturated rings. The summed E-state index contributed by atoms with van der Waals surface area (Å²) in [4.78, 5) is 2.12. The first-order valence-corrected chi connectivity index (χ1v) is 7.89. The number of halogens is 2. The van der Waals surface area contributed by atoms with Crippen molar-refractivity contribution >= 4 is 15.9 Å². The summed E-state index contributed by atoms with van der Waals surface area (Å²) in [5, 5.41) is 4.50. The van der Waals surface area contributed by atoms with Gasteiger partial charge in [-0.25, -0.2) is 4.39 Å². The summed E-state index contributed by atoms with van der Waals surface area (Å²) in [6.45, 7) is 4.81. The molecule has 1 aromatic carbocycles. The molecule has 0 bridgehead atoms. The molecule has 1 aromatic heterocycles. The predicted molar refractivity (Wildman–Crippen MR) is 86.6 cm³/mol. The highest BCUT2D eigenvalue weighted by Gasteiger charge is 2.19. The molecule has 1 unspecified atom stereocenters. The van der Waals surface area contributed by atoms with E-state index in [1.807, 2.05) is 37.8 Å². The number of hydrogen-bond acceptors (Lipinski definition) is 2. The lowest BCUT2D eigenvalue weighted by Gasteiger charge is -2.25. The van der Waals surface area contributed by atoms with Gasteiger partial charge in [-0.2, -0.15) is 5.10 Å². The van der Waals surface area contributed by atoms with E-state index in [2.05, 4.69) is 32.9 Å². The van der Waals surface area contributed by atoms with E-state index in [0.717, 1.165) is 22.3 Å². The van der Waals surface area contributed by atoms with Crippen LogP contribution >= 0.6 is 15.9 Å². The maximum atomic E-state index is 13.9. The van der Waals surface area contributed by atoms with Crippen molar-refractivity contribution < 1.29 is 4.39 Å². The Hall–Kier alpha value is -1.20. The zero-order valence-corrected chi connectivity index (χ0v) is 14.5. The molecule has 3 nitrogen and oxygen atoms in total. The number of aryl methyl sites for hydroxylation is 2. The van der Waals surface area contributed by atoms with Crippen LogP contribution in [-0.4, -0.2) is 21.7 Å². The zero-order valence-electron chi connectivity index (χ0n) is 12.9. The molecule has 0 saturated heterocycles. The first kappa shape index (κ1) is 16.2. The standard InChI is InChI=1S/C16H21BrFN3/c1-5-14-16(17)15(21(4)19-14)10-20(3)11(2)12-8-6-7-9-13(12)18/h6-9,11H,5,10H2,1-4H3. The Balaban J connectivity index is 2.20. The smallest absolute Gasteiger partial charge is 0.127 e. The molecule has 21 heavy (non-hydrogen) atoms. The summed E-state index contributed by atoms with van der Waals surface area (Å²) in [6.07, 6.45) is 0.890. The summed E-state index contributed by atoms with van der Waals surface area (Å²) in [6, 6.07) is 6.94. The van der Waals surface area contributed by atoms with Crippen molar-refractivity contribution in [2.24, 2.45) is 7.05 Å². The Labute approximate surface area is 133 Å². The van der Waals surface area contributed by atoms with E-state index in [9.17, 15) is 4.39 Å². The fourth-order valence-corrected chi connectivity index (χ4v) is 3.16. The number of nitrogens with zero attached hydrogens (tertiary/aromatic N) is 3. The van der Waals surface area contributed by atoms with Gasteiger partial charge < -0.3 is 0 Å². The maximum absolute atomic E-state index is 13.9. The Morgan fingerprint density at radius 3 is 2.62 bits per heavy atom. The Morgan fingerprint density at radius 2 is 2.05 bits per heavy atom. The van der Waals surface area contributed by atoms with E-state index in [4.69, 9.17) is 0 Å². The van der Waals surface area contributed by atoms with Crippen LogP contribution in [0.15, 0.2) is 28.7 Å². The van der Waals surface area contributed by atoms with Gasteiger partial charge in [0.15, 0.2) is 0 Å². The van der Waals surface area contributed by atoms with Crippen LogP contribution in [0.2, 0.25) is 0 Å². The van der Waals surface area contributed by atoms with Gasteiger partial charge in [0.2, 0.25) is 0 Å². The third-order valence-electron chi connectivity index (χ3n) is 3.92. The molecule has 0 N–H and O–H groups in total. The lowest BCUT2D eigenvalue weighted by molar-refractivity contribution is 0.241. The van der Waals surface area contributed by atoms with Crippen molar-refractivity contribution in [2.75, 3.05) is 7.05 Å². The quantitative estimate of drug-likeness (QED) is 0.807. The lowest BCUT2D eigenvalue weighted by Crippen LogP contribution is -2.24. The topological polar surface area (TPSA) is 21.1 Å². The molecule has 5 heteroatoms.